The standard InChI is InChI=1S/C15H9ClN2O.ClH/c16-10-5-6-12-13(7-10)18-8-9-3-1-2-4-11(9)14(18)17-15(12)19;/h1-7H,8H2;1H. The third-order valence-corrected chi connectivity index (χ3v) is 3.77. The lowest BCUT2D eigenvalue weighted by atomic mass is 10.1. The first kappa shape index (κ1) is 13.2. The Labute approximate surface area is 126 Å². The molecular formula is C15H10Cl2N2O. The Hall–Kier alpha value is -1.84. The number of hydrogen-bond acceptors (Lipinski definition) is 2. The molecule has 0 saturated carbocycles. The van der Waals surface area contributed by atoms with Crippen molar-refractivity contribution in [3.8, 4) is 11.4 Å². The third-order valence-electron chi connectivity index (χ3n) is 3.53. The van der Waals surface area contributed by atoms with E-state index in [0.717, 1.165) is 23.4 Å². The highest BCUT2D eigenvalue weighted by Gasteiger charge is 2.21. The predicted molar refractivity (Wildman–Crippen MR) is 82.8 cm³/mol. The fraction of sp³-hybridized carbons (Fsp3) is 0.0667. The molecule has 0 fully saturated rings. The van der Waals surface area contributed by atoms with Crippen molar-refractivity contribution in [2.24, 2.45) is 0 Å². The molecule has 1 aliphatic heterocycles. The van der Waals surface area contributed by atoms with Gasteiger partial charge in [-0.05, 0) is 23.8 Å². The average Bonchev–Trinajstić information content (AvgIpc) is 2.78. The van der Waals surface area contributed by atoms with Gasteiger partial charge >= 0.3 is 0 Å². The molecule has 0 amide bonds. The topological polar surface area (TPSA) is 34.9 Å². The van der Waals surface area contributed by atoms with Gasteiger partial charge in [0.25, 0.3) is 5.56 Å². The summed E-state index contributed by atoms with van der Waals surface area (Å²) in [6.07, 6.45) is 0. The van der Waals surface area contributed by atoms with Gasteiger partial charge in [0.2, 0.25) is 0 Å². The van der Waals surface area contributed by atoms with Crippen molar-refractivity contribution in [1.82, 2.24) is 9.55 Å². The zero-order valence-corrected chi connectivity index (χ0v) is 11.9. The minimum atomic E-state index is -0.199. The molecule has 20 heavy (non-hydrogen) atoms. The zero-order chi connectivity index (χ0) is 13.0. The van der Waals surface area contributed by atoms with Gasteiger partial charge in [-0.3, -0.25) is 4.79 Å². The van der Waals surface area contributed by atoms with Crippen molar-refractivity contribution < 1.29 is 0 Å². The van der Waals surface area contributed by atoms with E-state index in [9.17, 15) is 4.79 Å². The van der Waals surface area contributed by atoms with Gasteiger partial charge in [0.15, 0.2) is 0 Å². The lowest BCUT2D eigenvalue weighted by Crippen LogP contribution is -2.13. The Balaban J connectivity index is 0.00000121. The fourth-order valence-electron chi connectivity index (χ4n) is 2.65. The Morgan fingerprint density at radius 3 is 2.80 bits per heavy atom. The van der Waals surface area contributed by atoms with Crippen LogP contribution in [0.1, 0.15) is 5.56 Å². The number of nitrogens with zero attached hydrogens (tertiary/aromatic N) is 2. The molecule has 4 rings (SSSR count). The van der Waals surface area contributed by atoms with Crippen molar-refractivity contribution in [2.45, 2.75) is 6.54 Å². The second-order valence-electron chi connectivity index (χ2n) is 4.65. The van der Waals surface area contributed by atoms with Crippen LogP contribution in [0.4, 0.5) is 0 Å². The number of rotatable bonds is 0. The number of fused-ring (bicyclic) bond motifs is 5. The maximum absolute atomic E-state index is 12.1. The second-order valence-corrected chi connectivity index (χ2v) is 5.08. The molecule has 3 nitrogen and oxygen atoms in total. The highest BCUT2D eigenvalue weighted by atomic mass is 35.5. The van der Waals surface area contributed by atoms with E-state index in [1.54, 1.807) is 12.1 Å². The SMILES string of the molecule is Cl.O=c1nc2n(c3cc(Cl)ccc13)Cc1ccccc1-2. The van der Waals surface area contributed by atoms with E-state index in [2.05, 4.69) is 11.1 Å². The van der Waals surface area contributed by atoms with Crippen LogP contribution in [-0.2, 0) is 6.54 Å². The molecule has 1 aromatic heterocycles. The van der Waals surface area contributed by atoms with Crippen LogP contribution in [0.25, 0.3) is 22.3 Å². The molecule has 0 atom stereocenters. The van der Waals surface area contributed by atoms with Crippen LogP contribution >= 0.6 is 24.0 Å². The van der Waals surface area contributed by atoms with Crippen molar-refractivity contribution in [3.63, 3.8) is 0 Å². The first-order chi connectivity index (χ1) is 9.24. The lowest BCUT2D eigenvalue weighted by molar-refractivity contribution is 0.853. The summed E-state index contributed by atoms with van der Waals surface area (Å²) in [5.41, 5.74) is 2.86. The molecule has 0 unspecified atom stereocenters. The van der Waals surface area contributed by atoms with E-state index in [1.165, 1.54) is 5.56 Å². The Kier molecular flexibility index (Phi) is 3.04. The van der Waals surface area contributed by atoms with Crippen LogP contribution in [0.3, 0.4) is 0 Å². The molecule has 2 aromatic carbocycles. The van der Waals surface area contributed by atoms with Gasteiger partial charge in [-0.1, -0.05) is 35.9 Å². The molecule has 0 N–H and O–H groups in total. The Morgan fingerprint density at radius 1 is 1.15 bits per heavy atom. The number of hydrogen-bond donors (Lipinski definition) is 0. The summed E-state index contributed by atoms with van der Waals surface area (Å²) in [6.45, 7) is 0.732. The first-order valence-corrected chi connectivity index (χ1v) is 6.40. The van der Waals surface area contributed by atoms with Crippen molar-refractivity contribution in [3.05, 3.63) is 63.4 Å². The zero-order valence-electron chi connectivity index (χ0n) is 10.3. The second kappa shape index (κ2) is 4.62. The van der Waals surface area contributed by atoms with Gasteiger partial charge in [0.05, 0.1) is 17.4 Å². The summed E-state index contributed by atoms with van der Waals surface area (Å²) in [5.74, 6) is 0.732. The van der Waals surface area contributed by atoms with Crippen LogP contribution in [0, 0.1) is 0 Å². The van der Waals surface area contributed by atoms with Crippen LogP contribution < -0.4 is 5.56 Å². The molecule has 0 spiro atoms. The molecule has 3 aromatic rings. The number of benzene rings is 2. The first-order valence-electron chi connectivity index (χ1n) is 6.02. The quantitative estimate of drug-likeness (QED) is 0.498. The highest BCUT2D eigenvalue weighted by Crippen LogP contribution is 2.32. The molecule has 0 radical (unpaired) electrons. The Bertz CT molecular complexity index is 887. The van der Waals surface area contributed by atoms with Crippen molar-refractivity contribution >= 4 is 34.9 Å². The van der Waals surface area contributed by atoms with Crippen LogP contribution in [0.2, 0.25) is 5.02 Å². The van der Waals surface area contributed by atoms with E-state index in [4.69, 9.17) is 11.6 Å². The van der Waals surface area contributed by atoms with Gasteiger partial charge in [0, 0.05) is 10.6 Å². The summed E-state index contributed by atoms with van der Waals surface area (Å²) in [7, 11) is 0. The summed E-state index contributed by atoms with van der Waals surface area (Å²) >= 11 is 6.05. The van der Waals surface area contributed by atoms with Gasteiger partial charge in [-0.15, -0.1) is 12.4 Å². The van der Waals surface area contributed by atoms with E-state index < -0.39 is 0 Å². The number of aromatic nitrogens is 2. The van der Waals surface area contributed by atoms with E-state index in [-0.39, 0.29) is 18.0 Å². The predicted octanol–water partition coefficient (Wildman–Crippen LogP) is 3.50. The summed E-state index contributed by atoms with van der Waals surface area (Å²) in [4.78, 5) is 16.3. The minimum Gasteiger partial charge on any atom is -0.320 e. The average molecular weight is 305 g/mol. The van der Waals surface area contributed by atoms with E-state index >= 15 is 0 Å². The normalized spacial score (nSPS) is 11.8. The highest BCUT2D eigenvalue weighted by molar-refractivity contribution is 6.31. The van der Waals surface area contributed by atoms with Gasteiger partial charge in [0.1, 0.15) is 5.82 Å². The van der Waals surface area contributed by atoms with Crippen molar-refractivity contribution in [2.75, 3.05) is 0 Å². The maximum atomic E-state index is 12.1. The van der Waals surface area contributed by atoms with Crippen molar-refractivity contribution in [1.29, 1.82) is 0 Å². The van der Waals surface area contributed by atoms with Gasteiger partial charge in [-0.25, -0.2) is 0 Å². The minimum absolute atomic E-state index is 0. The molecule has 0 aliphatic carbocycles. The molecule has 1 aliphatic rings. The summed E-state index contributed by atoms with van der Waals surface area (Å²) in [5, 5.41) is 1.24. The largest absolute Gasteiger partial charge is 0.320 e. The molecule has 5 heteroatoms. The van der Waals surface area contributed by atoms with Crippen LogP contribution in [0.15, 0.2) is 47.3 Å². The molecular weight excluding hydrogens is 295 g/mol. The summed E-state index contributed by atoms with van der Waals surface area (Å²) < 4.78 is 2.05. The smallest absolute Gasteiger partial charge is 0.281 e. The lowest BCUT2D eigenvalue weighted by Gasteiger charge is -2.08. The van der Waals surface area contributed by atoms with E-state index in [0.29, 0.717) is 10.4 Å². The third kappa shape index (κ3) is 1.74. The monoisotopic (exact) mass is 304 g/mol. The van der Waals surface area contributed by atoms with Crippen LogP contribution in [-0.4, -0.2) is 9.55 Å². The molecule has 0 saturated heterocycles. The number of halogens is 2. The molecule has 0 bridgehead atoms. The fourth-order valence-corrected chi connectivity index (χ4v) is 2.82. The summed E-state index contributed by atoms with van der Waals surface area (Å²) in [6, 6.07) is 13.3. The molecule has 2 heterocycles. The molecule has 100 valence electrons. The van der Waals surface area contributed by atoms with Gasteiger partial charge in [-0.2, -0.15) is 4.98 Å². The Morgan fingerprint density at radius 2 is 1.95 bits per heavy atom. The van der Waals surface area contributed by atoms with E-state index in [1.807, 2.05) is 28.8 Å². The maximum Gasteiger partial charge on any atom is 0.281 e. The van der Waals surface area contributed by atoms with Gasteiger partial charge < -0.3 is 4.57 Å². The van der Waals surface area contributed by atoms with Crippen LogP contribution in [0.5, 0.6) is 0 Å².